The zero-order chi connectivity index (χ0) is 24.3. The van der Waals surface area contributed by atoms with E-state index in [0.29, 0.717) is 40.6 Å². The second-order valence-electron chi connectivity index (χ2n) is 9.22. The number of rotatable bonds is 5. The number of nitriles is 1. The second-order valence-corrected chi connectivity index (χ2v) is 11.6. The summed E-state index contributed by atoms with van der Waals surface area (Å²) in [7, 11) is -1.81. The lowest BCUT2D eigenvalue weighted by atomic mass is 9.94. The number of aryl methyl sites for hydroxylation is 1. The van der Waals surface area contributed by atoms with Crippen molar-refractivity contribution >= 4 is 20.6 Å². The number of nitrogens with one attached hydrogen (secondary N) is 2. The van der Waals surface area contributed by atoms with Crippen molar-refractivity contribution in [2.75, 3.05) is 0 Å². The van der Waals surface area contributed by atoms with Crippen molar-refractivity contribution in [3.63, 3.8) is 0 Å². The van der Waals surface area contributed by atoms with Crippen LogP contribution in [0.4, 0.5) is 8.78 Å². The Morgan fingerprint density at radius 2 is 1.91 bits per heavy atom. The summed E-state index contributed by atoms with van der Waals surface area (Å²) < 4.78 is 55.7. The van der Waals surface area contributed by atoms with E-state index in [9.17, 15) is 23.0 Å². The highest BCUT2D eigenvalue weighted by Gasteiger charge is 2.53. The highest BCUT2D eigenvalue weighted by Crippen LogP contribution is 2.48. The standard InChI is InChI=1S/C24H24F2N4O3S/c1-30-13-19(17-6-11-29-21(17)22(30)31)18-12-16(34(28,32)23(14-27)9-10-23)2-3-20(18)33-15-4-7-24(25,26)8-5-15/h2-3,6,11-13,15,28-29H,4-5,7-10H2,1H3. The minimum Gasteiger partial charge on any atom is -0.490 e. The number of pyridine rings is 1. The first-order valence-electron chi connectivity index (χ1n) is 11.1. The molecule has 1 unspecified atom stereocenters. The average molecular weight is 487 g/mol. The smallest absolute Gasteiger partial charge is 0.274 e. The van der Waals surface area contributed by atoms with Crippen LogP contribution in [0.1, 0.15) is 38.5 Å². The highest BCUT2D eigenvalue weighted by atomic mass is 32.2. The minimum atomic E-state index is -3.42. The zero-order valence-electron chi connectivity index (χ0n) is 18.6. The predicted octanol–water partition coefficient (Wildman–Crippen LogP) is 4.95. The van der Waals surface area contributed by atoms with Gasteiger partial charge < -0.3 is 14.3 Å². The molecule has 0 radical (unpaired) electrons. The fourth-order valence-corrected chi connectivity index (χ4v) is 6.40. The van der Waals surface area contributed by atoms with Crippen LogP contribution in [-0.2, 0) is 16.8 Å². The van der Waals surface area contributed by atoms with E-state index in [0.717, 1.165) is 0 Å². The molecular formula is C24H24F2N4O3S. The number of fused-ring (bicyclic) bond motifs is 1. The number of alkyl halides is 2. The van der Waals surface area contributed by atoms with E-state index in [1.165, 1.54) is 10.6 Å². The average Bonchev–Trinajstić information content (AvgIpc) is 3.47. The lowest BCUT2D eigenvalue weighted by Crippen LogP contribution is -2.30. The molecule has 0 aliphatic heterocycles. The van der Waals surface area contributed by atoms with Gasteiger partial charge in [0.15, 0.2) is 0 Å². The van der Waals surface area contributed by atoms with E-state index in [-0.39, 0.29) is 36.1 Å². The Morgan fingerprint density at radius 3 is 2.56 bits per heavy atom. The van der Waals surface area contributed by atoms with Crippen molar-refractivity contribution in [1.82, 2.24) is 9.55 Å². The van der Waals surface area contributed by atoms with Gasteiger partial charge >= 0.3 is 0 Å². The van der Waals surface area contributed by atoms with E-state index >= 15 is 0 Å². The third-order valence-corrected chi connectivity index (χ3v) is 9.40. The number of hydrogen-bond donors (Lipinski definition) is 2. The number of benzene rings is 1. The van der Waals surface area contributed by atoms with Gasteiger partial charge in [0, 0.05) is 53.7 Å². The fraction of sp³-hybridized carbons (Fsp3) is 0.417. The highest BCUT2D eigenvalue weighted by molar-refractivity contribution is 7.94. The Morgan fingerprint density at radius 1 is 1.21 bits per heavy atom. The molecule has 1 atom stereocenters. The van der Waals surface area contributed by atoms with Crippen molar-refractivity contribution in [1.29, 1.82) is 10.0 Å². The number of hydrogen-bond acceptors (Lipinski definition) is 5. The van der Waals surface area contributed by atoms with E-state index in [4.69, 9.17) is 9.52 Å². The SMILES string of the molecule is Cn1cc(-c2cc(S(=N)(=O)C3(C#N)CC3)ccc2OC2CCC(F)(F)CC2)c2cc[nH]c2c1=O. The molecule has 2 aromatic heterocycles. The quantitative estimate of drug-likeness (QED) is 0.531. The maximum absolute atomic E-state index is 13.6. The van der Waals surface area contributed by atoms with E-state index < -0.39 is 26.5 Å². The topological polar surface area (TPSA) is 112 Å². The van der Waals surface area contributed by atoms with Crippen LogP contribution in [0.25, 0.3) is 22.0 Å². The normalized spacial score (nSPS) is 21.0. The summed E-state index contributed by atoms with van der Waals surface area (Å²) in [4.78, 5) is 15.7. The Labute approximate surface area is 195 Å². The summed E-state index contributed by atoms with van der Waals surface area (Å²) in [6, 6.07) is 8.53. The molecule has 0 bridgehead atoms. The molecule has 0 spiro atoms. The molecule has 0 amide bonds. The summed E-state index contributed by atoms with van der Waals surface area (Å²) in [5.41, 5.74) is 1.29. The maximum atomic E-state index is 13.6. The summed E-state index contributed by atoms with van der Waals surface area (Å²) in [6.45, 7) is 0. The van der Waals surface area contributed by atoms with Crippen LogP contribution in [0.3, 0.4) is 0 Å². The molecule has 2 saturated carbocycles. The van der Waals surface area contributed by atoms with Crippen molar-refractivity contribution in [2.45, 2.75) is 60.2 Å². The summed E-state index contributed by atoms with van der Waals surface area (Å²) in [5.74, 6) is -2.29. The van der Waals surface area contributed by atoms with Crippen molar-refractivity contribution in [3.05, 3.63) is 47.0 Å². The summed E-state index contributed by atoms with van der Waals surface area (Å²) >= 11 is 0. The number of ether oxygens (including phenoxy) is 1. The molecule has 2 heterocycles. The van der Waals surface area contributed by atoms with Crippen LogP contribution in [0, 0.1) is 16.1 Å². The zero-order valence-corrected chi connectivity index (χ0v) is 19.4. The van der Waals surface area contributed by atoms with Gasteiger partial charge in [-0.3, -0.25) is 4.79 Å². The van der Waals surface area contributed by atoms with Crippen LogP contribution in [-0.4, -0.2) is 30.5 Å². The van der Waals surface area contributed by atoms with Crippen LogP contribution in [0.2, 0.25) is 0 Å². The Kier molecular flexibility index (Phi) is 5.09. The lowest BCUT2D eigenvalue weighted by molar-refractivity contribution is -0.0581. The molecule has 2 fully saturated rings. The number of halogens is 2. The van der Waals surface area contributed by atoms with Gasteiger partial charge in [0.05, 0.1) is 21.9 Å². The molecule has 2 aliphatic carbocycles. The van der Waals surface area contributed by atoms with Crippen molar-refractivity contribution in [3.8, 4) is 22.9 Å². The summed E-state index contributed by atoms with van der Waals surface area (Å²) in [5, 5.41) is 10.2. The molecule has 2 aliphatic rings. The van der Waals surface area contributed by atoms with Gasteiger partial charge in [0.2, 0.25) is 5.92 Å². The van der Waals surface area contributed by atoms with E-state index in [1.807, 2.05) is 0 Å². The number of aromatic nitrogens is 2. The maximum Gasteiger partial charge on any atom is 0.274 e. The third kappa shape index (κ3) is 3.59. The van der Waals surface area contributed by atoms with Crippen molar-refractivity contribution < 1.29 is 17.7 Å². The first-order chi connectivity index (χ1) is 16.1. The Bertz CT molecular complexity index is 1490. The first-order valence-corrected chi connectivity index (χ1v) is 12.7. The molecule has 1 aromatic carbocycles. The molecule has 34 heavy (non-hydrogen) atoms. The molecule has 5 rings (SSSR count). The van der Waals surface area contributed by atoms with Gasteiger partial charge in [-0.25, -0.2) is 17.8 Å². The van der Waals surface area contributed by atoms with Crippen LogP contribution >= 0.6 is 0 Å². The summed E-state index contributed by atoms with van der Waals surface area (Å²) in [6.07, 6.45) is 3.58. The first kappa shape index (κ1) is 22.6. The van der Waals surface area contributed by atoms with E-state index in [1.54, 1.807) is 37.6 Å². The number of H-pyrrole nitrogens is 1. The van der Waals surface area contributed by atoms with Gasteiger partial charge in [-0.05, 0) is 49.9 Å². The van der Waals surface area contributed by atoms with Crippen LogP contribution in [0.5, 0.6) is 5.75 Å². The van der Waals surface area contributed by atoms with Gasteiger partial charge in [-0.2, -0.15) is 5.26 Å². The molecule has 0 saturated heterocycles. The molecule has 10 heteroatoms. The van der Waals surface area contributed by atoms with Gasteiger partial charge in [-0.1, -0.05) is 0 Å². The van der Waals surface area contributed by atoms with Gasteiger partial charge in [0.1, 0.15) is 16.0 Å². The number of aromatic amines is 1. The Hall–Kier alpha value is -3.19. The van der Waals surface area contributed by atoms with Crippen LogP contribution < -0.4 is 10.3 Å². The second kappa shape index (κ2) is 7.67. The molecular weight excluding hydrogens is 462 g/mol. The lowest BCUT2D eigenvalue weighted by Gasteiger charge is -2.29. The molecule has 2 N–H and O–H groups in total. The van der Waals surface area contributed by atoms with Gasteiger partial charge in [-0.15, -0.1) is 0 Å². The Balaban J connectivity index is 1.65. The number of nitrogens with zero attached hydrogens (tertiary/aromatic N) is 2. The largest absolute Gasteiger partial charge is 0.490 e. The molecule has 178 valence electrons. The molecule has 3 aromatic rings. The fourth-order valence-electron chi connectivity index (χ4n) is 4.60. The monoisotopic (exact) mass is 486 g/mol. The predicted molar refractivity (Wildman–Crippen MR) is 124 cm³/mol. The van der Waals surface area contributed by atoms with Crippen molar-refractivity contribution in [2.24, 2.45) is 7.05 Å². The third-order valence-electron chi connectivity index (χ3n) is 6.88. The van der Waals surface area contributed by atoms with E-state index in [2.05, 4.69) is 11.1 Å². The van der Waals surface area contributed by atoms with Gasteiger partial charge in [0.25, 0.3) is 5.56 Å². The molecule has 7 nitrogen and oxygen atoms in total. The minimum absolute atomic E-state index is 0.202. The van der Waals surface area contributed by atoms with Crippen LogP contribution in [0.15, 0.2) is 46.3 Å².